The van der Waals surface area contributed by atoms with Gasteiger partial charge in [-0.25, -0.2) is 9.17 Å². The molecule has 2 saturated carbocycles. The summed E-state index contributed by atoms with van der Waals surface area (Å²) in [6.45, 7) is 0.538. The maximum Gasteiger partial charge on any atom is 0.407 e. The highest BCUT2D eigenvalue weighted by molar-refractivity contribution is 7.05. The zero-order valence-electron chi connectivity index (χ0n) is 14.1. The van der Waals surface area contributed by atoms with E-state index >= 15 is 0 Å². The number of hydrogen-bond donors (Lipinski definition) is 1. The number of alkyl halides is 1. The van der Waals surface area contributed by atoms with Crippen LogP contribution in [0.4, 0.5) is 4.79 Å². The monoisotopic (exact) mass is 370 g/mol. The number of aromatic nitrogens is 1. The molecule has 0 unspecified atom stereocenters. The first-order valence-corrected chi connectivity index (χ1v) is 10.4. The number of rotatable bonds is 5. The van der Waals surface area contributed by atoms with Crippen LogP contribution in [0.25, 0.3) is 0 Å². The largest absolute Gasteiger partial charge is 0.449 e. The lowest BCUT2D eigenvalue weighted by atomic mass is 9.84. The van der Waals surface area contributed by atoms with E-state index in [-0.39, 0.29) is 12.1 Å². The van der Waals surface area contributed by atoms with Gasteiger partial charge in [0.05, 0.1) is 6.61 Å². The second kappa shape index (κ2) is 9.04. The summed E-state index contributed by atoms with van der Waals surface area (Å²) in [5.74, 6) is 1.21. The van der Waals surface area contributed by atoms with Crippen molar-refractivity contribution < 1.29 is 9.53 Å². The third kappa shape index (κ3) is 5.62. The Balaban J connectivity index is 1.30. The van der Waals surface area contributed by atoms with Gasteiger partial charge in [-0.1, -0.05) is 0 Å². The van der Waals surface area contributed by atoms with Crippen molar-refractivity contribution in [1.29, 1.82) is 0 Å². The van der Waals surface area contributed by atoms with Crippen molar-refractivity contribution in [2.24, 2.45) is 11.8 Å². The van der Waals surface area contributed by atoms with Crippen LogP contribution in [-0.2, 0) is 11.2 Å². The molecule has 1 aromatic heterocycles. The molecule has 0 radical (unpaired) electrons. The van der Waals surface area contributed by atoms with Crippen molar-refractivity contribution in [3.05, 3.63) is 17.1 Å². The number of ether oxygens (including phenoxy) is 1. The van der Waals surface area contributed by atoms with E-state index in [2.05, 4.69) is 15.8 Å². The molecule has 0 aromatic carbocycles. The molecule has 0 bridgehead atoms. The van der Waals surface area contributed by atoms with Gasteiger partial charge in [0, 0.05) is 22.5 Å². The van der Waals surface area contributed by atoms with Crippen LogP contribution in [0.1, 0.15) is 56.2 Å². The molecule has 3 rings (SSSR count). The average molecular weight is 371 g/mol. The molecule has 2 aliphatic rings. The summed E-state index contributed by atoms with van der Waals surface area (Å²) in [6, 6.07) is 2.39. The van der Waals surface area contributed by atoms with Gasteiger partial charge in [-0.05, 0) is 87.2 Å². The maximum absolute atomic E-state index is 12.0. The molecule has 2 fully saturated rings. The molecule has 24 heavy (non-hydrogen) atoms. The Morgan fingerprint density at radius 1 is 1.17 bits per heavy atom. The van der Waals surface area contributed by atoms with Gasteiger partial charge >= 0.3 is 6.09 Å². The van der Waals surface area contributed by atoms with Crippen LogP contribution < -0.4 is 5.32 Å². The van der Waals surface area contributed by atoms with Crippen LogP contribution in [-0.4, -0.2) is 28.5 Å². The van der Waals surface area contributed by atoms with Crippen molar-refractivity contribution in [2.45, 2.75) is 69.2 Å². The Morgan fingerprint density at radius 3 is 2.54 bits per heavy atom. The smallest absolute Gasteiger partial charge is 0.407 e. The van der Waals surface area contributed by atoms with E-state index in [0.29, 0.717) is 17.9 Å². The van der Waals surface area contributed by atoms with Crippen molar-refractivity contribution in [3.8, 4) is 0 Å². The molecule has 0 spiro atoms. The lowest BCUT2D eigenvalue weighted by Gasteiger charge is -2.29. The molecular weight excluding hydrogens is 344 g/mol. The number of nitrogens with one attached hydrogen (secondary N) is 1. The molecule has 0 aliphatic heterocycles. The van der Waals surface area contributed by atoms with Gasteiger partial charge in [0.1, 0.15) is 0 Å². The zero-order valence-corrected chi connectivity index (χ0v) is 15.7. The summed E-state index contributed by atoms with van der Waals surface area (Å²) in [5.41, 5.74) is 0. The molecule has 0 saturated heterocycles. The summed E-state index contributed by atoms with van der Waals surface area (Å²) >= 11 is 7.71. The Labute approximate surface area is 153 Å². The van der Waals surface area contributed by atoms with Gasteiger partial charge in [-0.2, -0.15) is 0 Å². The van der Waals surface area contributed by atoms with Crippen molar-refractivity contribution in [1.82, 2.24) is 9.69 Å². The van der Waals surface area contributed by atoms with E-state index in [1.807, 2.05) is 6.20 Å². The number of amides is 1. The van der Waals surface area contributed by atoms with Crippen LogP contribution in [0.3, 0.4) is 0 Å². The van der Waals surface area contributed by atoms with E-state index < -0.39 is 0 Å². The predicted molar refractivity (Wildman–Crippen MR) is 97.6 cm³/mol. The summed E-state index contributed by atoms with van der Waals surface area (Å²) in [4.78, 5) is 13.4. The standard InChI is InChI=1S/C18H27ClN2O2S/c19-15-5-1-14(2-6-15)12-23-18(22)21-16-7-3-13(4-8-16)11-17-9-10-20-24-17/h9-10,13-16H,1-8,11-12H2,(H,21,22). The molecule has 1 N–H and O–H groups in total. The summed E-state index contributed by atoms with van der Waals surface area (Å²) in [7, 11) is 0. The number of carbonyl (C=O) groups is 1. The van der Waals surface area contributed by atoms with Crippen molar-refractivity contribution in [3.63, 3.8) is 0 Å². The Morgan fingerprint density at radius 2 is 1.88 bits per heavy atom. The maximum atomic E-state index is 12.0. The SMILES string of the molecule is O=C(NC1CCC(Cc2ccns2)CC1)OCC1CCC(Cl)CC1. The number of carbonyl (C=O) groups excluding carboxylic acids is 1. The fourth-order valence-corrected chi connectivity index (χ4v) is 4.77. The third-order valence-corrected chi connectivity index (χ3v) is 6.58. The first-order valence-electron chi connectivity index (χ1n) is 9.16. The highest BCUT2D eigenvalue weighted by atomic mass is 35.5. The molecule has 134 valence electrons. The zero-order chi connectivity index (χ0) is 16.8. The number of alkyl carbamates (subject to hydrolysis) is 1. The number of halogens is 1. The Kier molecular flexibility index (Phi) is 6.78. The van der Waals surface area contributed by atoms with Crippen LogP contribution >= 0.6 is 23.1 Å². The highest BCUT2D eigenvalue weighted by Gasteiger charge is 2.24. The van der Waals surface area contributed by atoms with Gasteiger partial charge in [-0.3, -0.25) is 0 Å². The molecule has 4 nitrogen and oxygen atoms in total. The summed E-state index contributed by atoms with van der Waals surface area (Å²) in [5, 5.41) is 3.36. The molecule has 6 heteroatoms. The first-order chi connectivity index (χ1) is 11.7. The van der Waals surface area contributed by atoms with Gasteiger partial charge in [0.2, 0.25) is 0 Å². The van der Waals surface area contributed by atoms with E-state index in [1.54, 1.807) is 11.5 Å². The van der Waals surface area contributed by atoms with Crippen LogP contribution in [0.15, 0.2) is 12.3 Å². The number of hydrogen-bond acceptors (Lipinski definition) is 4. The van der Waals surface area contributed by atoms with E-state index in [0.717, 1.165) is 50.9 Å². The molecular formula is C18H27ClN2O2S. The Hall–Kier alpha value is -0.810. The highest BCUT2D eigenvalue weighted by Crippen LogP contribution is 2.29. The summed E-state index contributed by atoms with van der Waals surface area (Å²) < 4.78 is 9.60. The summed E-state index contributed by atoms with van der Waals surface area (Å²) in [6.07, 6.45) is 11.4. The second-order valence-electron chi connectivity index (χ2n) is 7.26. The second-order valence-corrected chi connectivity index (χ2v) is 8.80. The van der Waals surface area contributed by atoms with Crippen LogP contribution in [0.5, 0.6) is 0 Å². The fourth-order valence-electron chi connectivity index (χ4n) is 3.83. The minimum Gasteiger partial charge on any atom is -0.449 e. The first kappa shape index (κ1) is 18.0. The van der Waals surface area contributed by atoms with Gasteiger partial charge in [0.25, 0.3) is 0 Å². The van der Waals surface area contributed by atoms with Crippen molar-refractivity contribution in [2.75, 3.05) is 6.61 Å². The van der Waals surface area contributed by atoms with Gasteiger partial charge < -0.3 is 10.1 Å². The molecule has 1 heterocycles. The lowest BCUT2D eigenvalue weighted by molar-refractivity contribution is 0.110. The topological polar surface area (TPSA) is 51.2 Å². The normalized spacial score (nSPS) is 30.7. The van der Waals surface area contributed by atoms with E-state index in [1.165, 1.54) is 17.7 Å². The molecule has 1 amide bonds. The lowest BCUT2D eigenvalue weighted by Crippen LogP contribution is -2.39. The average Bonchev–Trinajstić information content (AvgIpc) is 3.09. The van der Waals surface area contributed by atoms with Gasteiger partial charge in [-0.15, -0.1) is 11.6 Å². The molecule has 1 aromatic rings. The molecule has 2 aliphatic carbocycles. The quantitative estimate of drug-likeness (QED) is 0.759. The third-order valence-electron chi connectivity index (χ3n) is 5.38. The minimum atomic E-state index is -0.242. The van der Waals surface area contributed by atoms with Gasteiger partial charge in [0.15, 0.2) is 0 Å². The predicted octanol–water partition coefficient (Wildman–Crippen LogP) is 4.77. The van der Waals surface area contributed by atoms with E-state index in [9.17, 15) is 4.79 Å². The van der Waals surface area contributed by atoms with E-state index in [4.69, 9.17) is 16.3 Å². The van der Waals surface area contributed by atoms with Crippen LogP contribution in [0, 0.1) is 11.8 Å². The number of nitrogens with zero attached hydrogens (tertiary/aromatic N) is 1. The minimum absolute atomic E-state index is 0.242. The van der Waals surface area contributed by atoms with Crippen molar-refractivity contribution >= 4 is 29.2 Å². The van der Waals surface area contributed by atoms with Crippen LogP contribution in [0.2, 0.25) is 0 Å². The fraction of sp³-hybridized carbons (Fsp3) is 0.778. The molecule has 0 atom stereocenters. The Bertz CT molecular complexity index is 495.